The van der Waals surface area contributed by atoms with Crippen molar-refractivity contribution in [2.45, 2.75) is 76.3 Å². The number of hydrogen-bond acceptors (Lipinski definition) is 13. The molecule has 0 radical (unpaired) electrons. The maximum atomic E-state index is 13.4. The van der Waals surface area contributed by atoms with E-state index in [4.69, 9.17) is 15.7 Å². The summed E-state index contributed by atoms with van der Waals surface area (Å²) >= 11 is 0. The number of amides is 2. The molecule has 6 aliphatic rings. The minimum absolute atomic E-state index is 0.0917. The molecule has 0 aromatic carbocycles. The topological polar surface area (TPSA) is 180 Å². The number of pyridine rings is 4. The SMILES string of the molecule is Cc1cc(-c2ccc3c(n2)N(C(=O)Nc2cncc(C4CC4)n2)[C@H]2CCN3C2)ccn1.Cc1cc(-c2ccc3c(n2)N[C@H]2CCN3C2)ccn1.Nc1cncc(C2CC2)n1. The first-order chi connectivity index (χ1) is 29.3. The molecule has 4 aliphatic heterocycles. The van der Waals surface area contributed by atoms with Gasteiger partial charge in [-0.15, -0.1) is 0 Å². The van der Waals surface area contributed by atoms with Gasteiger partial charge in [0.1, 0.15) is 5.82 Å². The first-order valence-electron chi connectivity index (χ1n) is 21.0. The number of nitrogens with two attached hydrogens (primary N) is 1. The van der Waals surface area contributed by atoms with Crippen LogP contribution in [0.25, 0.3) is 22.5 Å². The summed E-state index contributed by atoms with van der Waals surface area (Å²) in [5, 5.41) is 6.52. The molecule has 12 rings (SSSR count). The fourth-order valence-electron chi connectivity index (χ4n) is 8.47. The molecule has 0 unspecified atom stereocenters. The molecule has 2 amide bonds. The van der Waals surface area contributed by atoms with Crippen LogP contribution in [-0.4, -0.2) is 84.2 Å². The quantitative estimate of drug-likeness (QED) is 0.160. The Morgan fingerprint density at radius 3 is 2.02 bits per heavy atom. The predicted molar refractivity (Wildman–Crippen MR) is 233 cm³/mol. The smallest absolute Gasteiger partial charge is 0.329 e. The van der Waals surface area contributed by atoms with Crippen LogP contribution in [0, 0.1) is 13.8 Å². The van der Waals surface area contributed by atoms with Crippen LogP contribution in [-0.2, 0) is 0 Å². The molecule has 6 aromatic heterocycles. The van der Waals surface area contributed by atoms with Gasteiger partial charge in [-0.05, 0) is 101 Å². The van der Waals surface area contributed by atoms with Gasteiger partial charge < -0.3 is 20.9 Å². The highest BCUT2D eigenvalue weighted by molar-refractivity contribution is 6.04. The van der Waals surface area contributed by atoms with Crippen molar-refractivity contribution in [1.82, 2.24) is 39.9 Å². The summed E-state index contributed by atoms with van der Waals surface area (Å²) in [5.74, 6) is 3.89. The summed E-state index contributed by atoms with van der Waals surface area (Å²) in [4.78, 5) is 55.1. The van der Waals surface area contributed by atoms with E-state index in [1.165, 1.54) is 24.9 Å². The second-order valence-corrected chi connectivity index (χ2v) is 16.5. The summed E-state index contributed by atoms with van der Waals surface area (Å²) in [7, 11) is 0. The first-order valence-corrected chi connectivity index (χ1v) is 21.0. The molecule has 2 aliphatic carbocycles. The standard InChI is InChI=1S/C23H23N7O.C15H16N4.C7H9N3/c1-14-10-16(6-8-25-14)18-4-5-20-22(27-18)30(17-7-9-29(20)13-17)23(31)28-21-12-24-11-19(26-21)15-2-3-15;1-10-8-11(4-6-16-10)13-2-3-14-15(18-13)17-12-5-7-19(14)9-12;8-7-4-9-3-6(10-7)5-1-2-5/h4-6,8,10-12,15,17H,2-3,7,9,13H2,1H3,(H,26,28,31);2-4,6,8,12H,5,7,9H2,1H3,(H,17,18);3-5H,1-2H2,(H2,8,10)/t17-;12-;/m00./s1. The average Bonchev–Trinajstić information content (AvgIpc) is 4.21. The molecule has 15 nitrogen and oxygen atoms in total. The van der Waals surface area contributed by atoms with E-state index in [1.54, 1.807) is 31.0 Å². The number of nitrogen functional groups attached to an aromatic ring is 1. The summed E-state index contributed by atoms with van der Waals surface area (Å²) < 4.78 is 0. The van der Waals surface area contributed by atoms with Crippen molar-refractivity contribution in [2.75, 3.05) is 57.2 Å². The zero-order valence-electron chi connectivity index (χ0n) is 33.9. The van der Waals surface area contributed by atoms with Crippen LogP contribution in [0.3, 0.4) is 0 Å². The van der Waals surface area contributed by atoms with Gasteiger partial charge in [-0.1, -0.05) is 0 Å². The molecule has 6 aromatic rings. The van der Waals surface area contributed by atoms with E-state index >= 15 is 0 Å². The van der Waals surface area contributed by atoms with Crippen molar-refractivity contribution in [2.24, 2.45) is 0 Å². The average molecular weight is 801 g/mol. The van der Waals surface area contributed by atoms with Gasteiger partial charge in [-0.3, -0.25) is 30.2 Å². The molecular weight excluding hydrogens is 753 g/mol. The number of nitrogens with one attached hydrogen (secondary N) is 2. The minimum Gasteiger partial charge on any atom is -0.382 e. The third-order valence-electron chi connectivity index (χ3n) is 11.9. The molecule has 304 valence electrons. The molecule has 15 heteroatoms. The lowest BCUT2D eigenvalue weighted by molar-refractivity contribution is 0.254. The van der Waals surface area contributed by atoms with Crippen LogP contribution in [0.4, 0.5) is 39.4 Å². The largest absolute Gasteiger partial charge is 0.382 e. The van der Waals surface area contributed by atoms with Crippen LogP contribution in [0.1, 0.15) is 73.1 Å². The van der Waals surface area contributed by atoms with Gasteiger partial charge >= 0.3 is 6.03 Å². The number of urea groups is 1. The van der Waals surface area contributed by atoms with Gasteiger partial charge in [-0.2, -0.15) is 0 Å². The first kappa shape index (κ1) is 37.5. The normalized spacial score (nSPS) is 19.2. The number of aromatic nitrogens is 8. The monoisotopic (exact) mass is 800 g/mol. The van der Waals surface area contributed by atoms with E-state index < -0.39 is 0 Å². The van der Waals surface area contributed by atoms with Gasteiger partial charge in [0, 0.05) is 91.4 Å². The molecule has 10 heterocycles. The number of carbonyl (C=O) groups is 1. The second kappa shape index (κ2) is 15.8. The summed E-state index contributed by atoms with van der Waals surface area (Å²) in [5.41, 5.74) is 15.6. The molecule has 4 fully saturated rings. The van der Waals surface area contributed by atoms with Crippen LogP contribution in [0.5, 0.6) is 0 Å². The zero-order valence-corrected chi connectivity index (χ0v) is 33.9. The molecule has 4 bridgehead atoms. The molecule has 2 saturated heterocycles. The fourth-order valence-corrected chi connectivity index (χ4v) is 8.47. The number of hydrogen-bond donors (Lipinski definition) is 3. The van der Waals surface area contributed by atoms with E-state index in [-0.39, 0.29) is 12.1 Å². The maximum absolute atomic E-state index is 13.4. The van der Waals surface area contributed by atoms with Gasteiger partial charge in [0.25, 0.3) is 0 Å². The van der Waals surface area contributed by atoms with Crippen molar-refractivity contribution < 1.29 is 4.79 Å². The third kappa shape index (κ3) is 7.98. The lowest BCUT2D eigenvalue weighted by Crippen LogP contribution is -2.48. The van der Waals surface area contributed by atoms with Crippen molar-refractivity contribution in [1.29, 1.82) is 0 Å². The summed E-state index contributed by atoms with van der Waals surface area (Å²) in [6.07, 6.45) is 17.3. The number of fused-ring (bicyclic) bond motifs is 8. The Hall–Kier alpha value is -6.77. The molecule has 60 heavy (non-hydrogen) atoms. The molecule has 2 saturated carbocycles. The Labute approximate surface area is 349 Å². The maximum Gasteiger partial charge on any atom is 0.329 e. The van der Waals surface area contributed by atoms with E-state index in [1.807, 2.05) is 49.2 Å². The van der Waals surface area contributed by atoms with Gasteiger partial charge in [0.15, 0.2) is 17.5 Å². The summed E-state index contributed by atoms with van der Waals surface area (Å²) in [6.45, 7) is 7.97. The van der Waals surface area contributed by atoms with E-state index in [2.05, 4.69) is 74.6 Å². The Bertz CT molecular complexity index is 2560. The van der Waals surface area contributed by atoms with Crippen LogP contribution in [0.2, 0.25) is 0 Å². The van der Waals surface area contributed by atoms with Crippen molar-refractivity contribution in [3.05, 3.63) is 108 Å². The highest BCUT2D eigenvalue weighted by Gasteiger charge is 2.40. The molecule has 0 spiro atoms. The van der Waals surface area contributed by atoms with E-state index in [9.17, 15) is 4.79 Å². The number of anilines is 6. The Morgan fingerprint density at radius 2 is 1.33 bits per heavy atom. The van der Waals surface area contributed by atoms with Gasteiger partial charge in [-0.25, -0.2) is 24.7 Å². The van der Waals surface area contributed by atoms with Gasteiger partial charge in [0.2, 0.25) is 0 Å². The predicted octanol–water partition coefficient (Wildman–Crippen LogP) is 7.14. The third-order valence-corrected chi connectivity index (χ3v) is 11.9. The van der Waals surface area contributed by atoms with Crippen molar-refractivity contribution >= 4 is 40.7 Å². The second-order valence-electron chi connectivity index (χ2n) is 16.5. The van der Waals surface area contributed by atoms with E-state index in [0.717, 1.165) is 102 Å². The lowest BCUT2D eigenvalue weighted by Gasteiger charge is -2.35. The van der Waals surface area contributed by atoms with Crippen LogP contribution in [0.15, 0.2) is 85.7 Å². The Balaban J connectivity index is 0.000000125. The van der Waals surface area contributed by atoms with Gasteiger partial charge in [0.05, 0.1) is 52.6 Å². The van der Waals surface area contributed by atoms with Crippen molar-refractivity contribution in [3.63, 3.8) is 0 Å². The Morgan fingerprint density at radius 1 is 0.700 bits per heavy atom. The van der Waals surface area contributed by atoms with Crippen LogP contribution < -0.4 is 31.1 Å². The Kier molecular flexibility index (Phi) is 9.86. The lowest BCUT2D eigenvalue weighted by atomic mass is 10.1. The highest BCUT2D eigenvalue weighted by atomic mass is 16.2. The van der Waals surface area contributed by atoms with E-state index in [0.29, 0.717) is 35.3 Å². The zero-order chi connectivity index (χ0) is 40.7. The molecular formula is C45H48N14O. The molecule has 2 atom stereocenters. The van der Waals surface area contributed by atoms with Crippen LogP contribution >= 0.6 is 0 Å². The number of rotatable bonds is 5. The highest BCUT2D eigenvalue weighted by Crippen LogP contribution is 2.42. The minimum atomic E-state index is -0.203. The molecule has 4 N–H and O–H groups in total. The number of aryl methyl sites for hydroxylation is 2. The number of nitrogens with zero attached hydrogens (tertiary/aromatic N) is 11. The fraction of sp³-hybridized carbons (Fsp3) is 0.356. The summed E-state index contributed by atoms with van der Waals surface area (Å²) in [6, 6.07) is 16.9. The van der Waals surface area contributed by atoms with Crippen molar-refractivity contribution in [3.8, 4) is 22.5 Å². The number of carbonyl (C=O) groups excluding carboxylic acids is 1.